The molecular formula is C16H23F2NO2. The molecule has 0 saturated heterocycles. The smallest absolute Gasteiger partial charge is 0.248 e. The molecule has 0 heterocycles. The van der Waals surface area contributed by atoms with Crippen molar-refractivity contribution in [3.05, 3.63) is 29.8 Å². The van der Waals surface area contributed by atoms with Crippen LogP contribution >= 0.6 is 0 Å². The topological polar surface area (TPSA) is 55.5 Å². The molecule has 0 radical (unpaired) electrons. The number of halogens is 2. The zero-order valence-corrected chi connectivity index (χ0v) is 11.9. The van der Waals surface area contributed by atoms with Crippen molar-refractivity contribution in [2.24, 2.45) is 11.7 Å². The molecule has 21 heavy (non-hydrogen) atoms. The fraction of sp³-hybridized carbons (Fsp3) is 0.625. The Morgan fingerprint density at radius 3 is 2.81 bits per heavy atom. The lowest BCUT2D eigenvalue weighted by molar-refractivity contribution is -0.0498. The standard InChI is InChI=1S/C16H23F2NO2/c17-16(18)7-4-12(5-8-16)11-21-14-3-1-2-13(10-14)15(20)6-9-19/h1-3,10,12,15,20H,4-9,11,19H2/i9D2. The van der Waals surface area contributed by atoms with Gasteiger partial charge in [0.25, 0.3) is 0 Å². The lowest BCUT2D eigenvalue weighted by Crippen LogP contribution is -2.27. The van der Waals surface area contributed by atoms with Gasteiger partial charge in [0.2, 0.25) is 5.92 Å². The Morgan fingerprint density at radius 1 is 1.43 bits per heavy atom. The molecule has 2 rings (SSSR count). The molecule has 1 aliphatic rings. The van der Waals surface area contributed by atoms with Crippen LogP contribution in [0.2, 0.25) is 0 Å². The number of alkyl halides is 2. The Hall–Kier alpha value is -1.20. The Balaban J connectivity index is 1.88. The van der Waals surface area contributed by atoms with Gasteiger partial charge in [0.1, 0.15) is 5.75 Å². The van der Waals surface area contributed by atoms with Gasteiger partial charge >= 0.3 is 0 Å². The number of rotatable bonds is 6. The number of nitrogens with two attached hydrogens (primary N) is 1. The highest BCUT2D eigenvalue weighted by atomic mass is 19.3. The van der Waals surface area contributed by atoms with Crippen molar-refractivity contribution in [3.8, 4) is 5.75 Å². The first kappa shape index (κ1) is 13.5. The summed E-state index contributed by atoms with van der Waals surface area (Å²) in [5, 5.41) is 10.00. The first-order valence-corrected chi connectivity index (χ1v) is 7.22. The van der Waals surface area contributed by atoms with Gasteiger partial charge in [-0.25, -0.2) is 8.78 Å². The Kier molecular flexibility index (Phi) is 4.60. The predicted molar refractivity (Wildman–Crippen MR) is 77.5 cm³/mol. The summed E-state index contributed by atoms with van der Waals surface area (Å²) < 4.78 is 46.5. The number of ether oxygens (including phenoxy) is 1. The van der Waals surface area contributed by atoms with Gasteiger partial charge < -0.3 is 15.6 Å². The average Bonchev–Trinajstić information content (AvgIpc) is 2.45. The fourth-order valence-electron chi connectivity index (χ4n) is 2.52. The molecule has 1 fully saturated rings. The van der Waals surface area contributed by atoms with Gasteiger partial charge in [-0.1, -0.05) is 12.1 Å². The molecule has 0 amide bonds. The molecule has 1 unspecified atom stereocenters. The summed E-state index contributed by atoms with van der Waals surface area (Å²) in [5.74, 6) is -1.89. The molecule has 118 valence electrons. The minimum atomic E-state index is -2.54. The number of hydrogen-bond acceptors (Lipinski definition) is 3. The van der Waals surface area contributed by atoms with Crippen LogP contribution in [0.1, 0.15) is 46.5 Å². The average molecular weight is 301 g/mol. The molecule has 1 saturated carbocycles. The van der Waals surface area contributed by atoms with E-state index in [1.165, 1.54) is 0 Å². The minimum Gasteiger partial charge on any atom is -0.493 e. The summed E-state index contributed by atoms with van der Waals surface area (Å²) in [6, 6.07) is 6.73. The van der Waals surface area contributed by atoms with E-state index >= 15 is 0 Å². The van der Waals surface area contributed by atoms with Gasteiger partial charge in [0, 0.05) is 15.6 Å². The van der Waals surface area contributed by atoms with Crippen molar-refractivity contribution in [1.29, 1.82) is 0 Å². The van der Waals surface area contributed by atoms with E-state index in [0.29, 0.717) is 30.8 Å². The molecule has 3 N–H and O–H groups in total. The van der Waals surface area contributed by atoms with Gasteiger partial charge in [-0.05, 0) is 49.4 Å². The lowest BCUT2D eigenvalue weighted by Gasteiger charge is -2.28. The fourth-order valence-corrected chi connectivity index (χ4v) is 2.52. The SMILES string of the molecule is [2H]C([2H])(N)CC(O)c1cccc(OCC2CCC(F)(F)CC2)c1. The first-order valence-electron chi connectivity index (χ1n) is 8.22. The van der Waals surface area contributed by atoms with E-state index in [4.69, 9.17) is 13.2 Å². The zero-order chi connectivity index (χ0) is 17.1. The second kappa shape index (κ2) is 7.18. The van der Waals surface area contributed by atoms with E-state index in [0.717, 1.165) is 0 Å². The highest BCUT2D eigenvalue weighted by molar-refractivity contribution is 5.29. The third-order valence-corrected chi connectivity index (χ3v) is 3.88. The van der Waals surface area contributed by atoms with Crippen LogP contribution in [0.25, 0.3) is 0 Å². The summed E-state index contributed by atoms with van der Waals surface area (Å²) >= 11 is 0. The van der Waals surface area contributed by atoms with Gasteiger partial charge in [-0.2, -0.15) is 0 Å². The van der Waals surface area contributed by atoms with E-state index in [1.54, 1.807) is 24.3 Å². The minimum absolute atomic E-state index is 0.0919. The normalized spacial score (nSPS) is 22.3. The van der Waals surface area contributed by atoms with Crippen LogP contribution in [0, 0.1) is 5.92 Å². The van der Waals surface area contributed by atoms with Crippen molar-refractivity contribution in [2.75, 3.05) is 13.1 Å². The number of benzene rings is 1. The number of aliphatic hydroxyl groups excluding tert-OH is 1. The zero-order valence-electron chi connectivity index (χ0n) is 13.9. The predicted octanol–water partition coefficient (Wildman–Crippen LogP) is 3.27. The van der Waals surface area contributed by atoms with Crippen molar-refractivity contribution < 1.29 is 21.4 Å². The summed E-state index contributed by atoms with van der Waals surface area (Å²) in [6.45, 7) is -1.59. The van der Waals surface area contributed by atoms with Crippen LogP contribution in [0.3, 0.4) is 0 Å². The maximum atomic E-state index is 13.1. The molecule has 1 aliphatic carbocycles. The van der Waals surface area contributed by atoms with Crippen molar-refractivity contribution in [3.63, 3.8) is 0 Å². The van der Waals surface area contributed by atoms with Gasteiger partial charge in [0.15, 0.2) is 0 Å². The molecule has 3 nitrogen and oxygen atoms in total. The Bertz CT molecular complexity index is 513. The molecule has 0 aliphatic heterocycles. The monoisotopic (exact) mass is 301 g/mol. The third kappa shape index (κ3) is 4.93. The third-order valence-electron chi connectivity index (χ3n) is 3.88. The van der Waals surface area contributed by atoms with Gasteiger partial charge in [-0.3, -0.25) is 0 Å². The highest BCUT2D eigenvalue weighted by Gasteiger charge is 2.34. The molecular weight excluding hydrogens is 276 g/mol. The maximum absolute atomic E-state index is 13.1. The molecule has 1 aromatic rings. The molecule has 1 aromatic carbocycles. The summed E-state index contributed by atoms with van der Waals surface area (Å²) in [5.41, 5.74) is 5.79. The van der Waals surface area contributed by atoms with E-state index in [9.17, 15) is 13.9 Å². The quantitative estimate of drug-likeness (QED) is 0.848. The van der Waals surface area contributed by atoms with E-state index < -0.39 is 18.5 Å². The van der Waals surface area contributed by atoms with E-state index in [-0.39, 0.29) is 25.2 Å². The molecule has 1 atom stereocenters. The van der Waals surface area contributed by atoms with Crippen molar-refractivity contribution in [2.45, 2.75) is 44.1 Å². The molecule has 0 spiro atoms. The lowest BCUT2D eigenvalue weighted by atomic mass is 9.87. The molecule has 5 heteroatoms. The summed E-state index contributed by atoms with van der Waals surface area (Å²) in [7, 11) is 0. The highest BCUT2D eigenvalue weighted by Crippen LogP contribution is 2.36. The largest absolute Gasteiger partial charge is 0.493 e. The van der Waals surface area contributed by atoms with Gasteiger partial charge in [0.05, 0.1) is 12.7 Å². The first-order chi connectivity index (χ1) is 10.6. The number of hydrogen-bond donors (Lipinski definition) is 2. The summed E-state index contributed by atoms with van der Waals surface area (Å²) in [4.78, 5) is 0. The second-order valence-corrected chi connectivity index (χ2v) is 5.61. The van der Waals surface area contributed by atoms with E-state index in [2.05, 4.69) is 0 Å². The maximum Gasteiger partial charge on any atom is 0.248 e. The van der Waals surface area contributed by atoms with Crippen LogP contribution in [-0.4, -0.2) is 24.1 Å². The second-order valence-electron chi connectivity index (χ2n) is 5.61. The van der Waals surface area contributed by atoms with Crippen molar-refractivity contribution >= 4 is 0 Å². The van der Waals surface area contributed by atoms with Crippen LogP contribution in [0.15, 0.2) is 24.3 Å². The van der Waals surface area contributed by atoms with Crippen LogP contribution in [0.4, 0.5) is 8.78 Å². The van der Waals surface area contributed by atoms with Gasteiger partial charge in [-0.15, -0.1) is 0 Å². The molecule has 0 aromatic heterocycles. The van der Waals surface area contributed by atoms with E-state index in [1.807, 2.05) is 0 Å². The number of aliphatic hydroxyl groups is 1. The van der Waals surface area contributed by atoms with Crippen molar-refractivity contribution in [1.82, 2.24) is 0 Å². The van der Waals surface area contributed by atoms with Crippen LogP contribution in [0.5, 0.6) is 5.75 Å². The Morgan fingerprint density at radius 2 is 2.14 bits per heavy atom. The molecule has 0 bridgehead atoms. The van der Waals surface area contributed by atoms with Crippen LogP contribution in [-0.2, 0) is 0 Å². The summed E-state index contributed by atoms with van der Waals surface area (Å²) in [6.07, 6.45) is -0.525. The Labute approximate surface area is 126 Å². The van der Waals surface area contributed by atoms with Crippen LogP contribution < -0.4 is 10.5 Å².